The average Bonchev–Trinajstić information content (AvgIpc) is 2.64. The van der Waals surface area contributed by atoms with Crippen LogP contribution in [0.15, 0.2) is 47.9 Å². The van der Waals surface area contributed by atoms with Crippen LogP contribution in [0.25, 0.3) is 4.91 Å². The molecule has 0 nitrogen and oxygen atoms in total. The molecule has 3 rings (SSSR count). The highest BCUT2D eigenvalue weighted by Gasteiger charge is 2.09. The third-order valence-corrected chi connectivity index (χ3v) is 7.86. The van der Waals surface area contributed by atoms with Gasteiger partial charge >= 0.3 is 0 Å². The summed E-state index contributed by atoms with van der Waals surface area (Å²) >= 11 is 4.19. The summed E-state index contributed by atoms with van der Waals surface area (Å²) in [4.78, 5) is 1.15. The van der Waals surface area contributed by atoms with Crippen molar-refractivity contribution in [3.63, 3.8) is 0 Å². The van der Waals surface area contributed by atoms with Crippen LogP contribution in [0, 0.1) is 17.4 Å². The molecular weight excluding hydrogens is 471 g/mol. The molecule has 2 aromatic carbocycles. The van der Waals surface area contributed by atoms with Gasteiger partial charge in [0.2, 0.25) is 0 Å². The molecule has 28 heavy (non-hydrogen) atoms. The molecule has 0 bridgehead atoms. The summed E-state index contributed by atoms with van der Waals surface area (Å²) in [5.41, 5.74) is 9.96. The van der Waals surface area contributed by atoms with Crippen molar-refractivity contribution in [3.8, 4) is 0 Å². The smallest absolute Gasteiger partial charge is 0.0162 e. The van der Waals surface area contributed by atoms with Gasteiger partial charge in [-0.15, -0.1) is 0 Å². The second kappa shape index (κ2) is 10.2. The molecule has 0 spiro atoms. The molecular formula is C26H31IS. The van der Waals surface area contributed by atoms with Crippen LogP contribution >= 0.6 is 34.4 Å². The lowest BCUT2D eigenvalue weighted by atomic mass is 9.92. The highest BCUT2D eigenvalue weighted by molar-refractivity contribution is 14.1. The molecule has 0 saturated carbocycles. The van der Waals surface area contributed by atoms with E-state index < -0.39 is 0 Å². The minimum atomic E-state index is 1.01. The van der Waals surface area contributed by atoms with E-state index in [2.05, 4.69) is 85.7 Å². The lowest BCUT2D eigenvalue weighted by molar-refractivity contribution is 0.617. The lowest BCUT2D eigenvalue weighted by Crippen LogP contribution is -2.00. The molecule has 0 atom stereocenters. The van der Waals surface area contributed by atoms with Crippen molar-refractivity contribution in [3.05, 3.63) is 84.8 Å². The summed E-state index contributed by atoms with van der Waals surface area (Å²) in [6.45, 7) is 11.0. The molecule has 1 aliphatic rings. The molecule has 0 aromatic heterocycles. The van der Waals surface area contributed by atoms with E-state index in [0.29, 0.717) is 0 Å². The Morgan fingerprint density at radius 2 is 1.71 bits per heavy atom. The van der Waals surface area contributed by atoms with Crippen LogP contribution in [0.3, 0.4) is 0 Å². The van der Waals surface area contributed by atoms with Gasteiger partial charge in [-0.1, -0.05) is 61.0 Å². The molecule has 0 unspecified atom stereocenters. The van der Waals surface area contributed by atoms with Gasteiger partial charge in [-0.2, -0.15) is 0 Å². The van der Waals surface area contributed by atoms with Crippen molar-refractivity contribution >= 4 is 39.3 Å². The molecule has 2 heteroatoms. The van der Waals surface area contributed by atoms with Crippen molar-refractivity contribution in [1.82, 2.24) is 0 Å². The Hall–Kier alpha value is -1.00. The second-order valence-corrected chi connectivity index (χ2v) is 10.2. The first-order valence-electron chi connectivity index (χ1n) is 10.3. The highest BCUT2D eigenvalue weighted by Crippen LogP contribution is 2.31. The molecule has 148 valence electrons. The molecule has 0 saturated heterocycles. The first-order chi connectivity index (χ1) is 13.4. The minimum Gasteiger partial charge on any atom is -0.0981 e. The van der Waals surface area contributed by atoms with E-state index in [1.54, 1.807) is 22.9 Å². The predicted octanol–water partition coefficient (Wildman–Crippen LogP) is 8.42. The zero-order valence-electron chi connectivity index (χ0n) is 17.4. The van der Waals surface area contributed by atoms with Gasteiger partial charge in [0.05, 0.1) is 0 Å². The molecule has 0 N–H and O–H groups in total. The first kappa shape index (κ1) is 21.7. The number of thioether (sulfide) groups is 1. The van der Waals surface area contributed by atoms with Crippen molar-refractivity contribution < 1.29 is 0 Å². The summed E-state index contributed by atoms with van der Waals surface area (Å²) in [5, 5.41) is 2.28. The fourth-order valence-electron chi connectivity index (χ4n) is 3.87. The van der Waals surface area contributed by atoms with Gasteiger partial charge in [0.1, 0.15) is 0 Å². The van der Waals surface area contributed by atoms with E-state index in [1.807, 2.05) is 0 Å². The monoisotopic (exact) mass is 502 g/mol. The number of allylic oxidation sites excluding steroid dienone is 1. The highest BCUT2D eigenvalue weighted by atomic mass is 127. The quantitative estimate of drug-likeness (QED) is 0.370. The molecule has 0 aliphatic heterocycles. The van der Waals surface area contributed by atoms with E-state index in [0.717, 1.165) is 11.3 Å². The van der Waals surface area contributed by atoms with Gasteiger partial charge in [0.25, 0.3) is 0 Å². The topological polar surface area (TPSA) is 0 Å². The van der Waals surface area contributed by atoms with Crippen LogP contribution in [0.4, 0.5) is 0 Å². The lowest BCUT2D eigenvalue weighted by Gasteiger charge is -2.15. The average molecular weight is 503 g/mol. The van der Waals surface area contributed by atoms with Crippen LogP contribution in [-0.4, -0.2) is 0 Å². The second-order valence-electron chi connectivity index (χ2n) is 8.11. The third-order valence-electron chi connectivity index (χ3n) is 5.66. The fraction of sp³-hybridized carbons (Fsp3) is 0.385. The number of aryl methyl sites for hydroxylation is 4. The van der Waals surface area contributed by atoms with Crippen LogP contribution in [0.1, 0.15) is 66.0 Å². The standard InChI is InChI=1S/C26H31IS/c1-18(13-25-14-20(3)26(27)15-19(25)2)17-28-21(4)23-12-11-22-9-7-5-6-8-10-24(22)16-23/h11-12,14-17H,4-10,13H2,1-3H3/b18-17+. The number of fused-ring (bicyclic) bond motifs is 1. The molecule has 1 aliphatic carbocycles. The molecule has 2 aromatic rings. The van der Waals surface area contributed by atoms with Gasteiger partial charge in [0.15, 0.2) is 0 Å². The summed E-state index contributed by atoms with van der Waals surface area (Å²) in [6.07, 6.45) is 8.88. The van der Waals surface area contributed by atoms with Crippen molar-refractivity contribution in [2.24, 2.45) is 0 Å². The van der Waals surface area contributed by atoms with Crippen LogP contribution < -0.4 is 0 Å². The summed E-state index contributed by atoms with van der Waals surface area (Å²) in [6, 6.07) is 11.6. The Labute approximate surface area is 189 Å². The van der Waals surface area contributed by atoms with E-state index in [9.17, 15) is 0 Å². The Morgan fingerprint density at radius 3 is 2.46 bits per heavy atom. The first-order valence-corrected chi connectivity index (χ1v) is 12.3. The number of halogens is 1. The zero-order valence-corrected chi connectivity index (χ0v) is 20.4. The summed E-state index contributed by atoms with van der Waals surface area (Å²) < 4.78 is 1.35. The zero-order chi connectivity index (χ0) is 20.1. The number of hydrogen-bond acceptors (Lipinski definition) is 1. The number of hydrogen-bond donors (Lipinski definition) is 0. The van der Waals surface area contributed by atoms with Gasteiger partial charge in [-0.25, -0.2) is 0 Å². The van der Waals surface area contributed by atoms with E-state index in [1.165, 1.54) is 69.9 Å². The van der Waals surface area contributed by atoms with Gasteiger partial charge < -0.3 is 0 Å². The molecule has 0 amide bonds. The van der Waals surface area contributed by atoms with E-state index in [4.69, 9.17) is 0 Å². The SMILES string of the molecule is C=C(S/C=C(\C)Cc1cc(C)c(I)cc1C)c1ccc2c(c1)CCCCCC2. The van der Waals surface area contributed by atoms with Crippen LogP contribution in [0.2, 0.25) is 0 Å². The van der Waals surface area contributed by atoms with Gasteiger partial charge in [-0.3, -0.25) is 0 Å². The fourth-order valence-corrected chi connectivity index (χ4v) is 5.19. The molecule has 0 radical (unpaired) electrons. The summed E-state index contributed by atoms with van der Waals surface area (Å²) in [5.74, 6) is 0. The van der Waals surface area contributed by atoms with E-state index >= 15 is 0 Å². The number of benzene rings is 2. The van der Waals surface area contributed by atoms with E-state index in [-0.39, 0.29) is 0 Å². The maximum Gasteiger partial charge on any atom is 0.0162 e. The maximum atomic E-state index is 4.36. The normalized spacial score (nSPS) is 14.9. The summed E-state index contributed by atoms with van der Waals surface area (Å²) in [7, 11) is 0. The van der Waals surface area contributed by atoms with Crippen LogP contribution in [0.5, 0.6) is 0 Å². The maximum absolute atomic E-state index is 4.36. The minimum absolute atomic E-state index is 1.01. The Kier molecular flexibility index (Phi) is 7.87. The van der Waals surface area contributed by atoms with Gasteiger partial charge in [-0.05, 0) is 120 Å². The van der Waals surface area contributed by atoms with Crippen molar-refractivity contribution in [1.29, 1.82) is 0 Å². The Bertz CT molecular complexity index is 892. The molecule has 0 fully saturated rings. The van der Waals surface area contributed by atoms with Crippen molar-refractivity contribution in [2.75, 3.05) is 0 Å². The Morgan fingerprint density at radius 1 is 1.00 bits per heavy atom. The predicted molar refractivity (Wildman–Crippen MR) is 135 cm³/mol. The third kappa shape index (κ3) is 5.76. The molecule has 0 heterocycles. The number of rotatable bonds is 5. The Balaban J connectivity index is 1.67. The van der Waals surface area contributed by atoms with Crippen LogP contribution in [-0.2, 0) is 19.3 Å². The van der Waals surface area contributed by atoms with Crippen molar-refractivity contribution in [2.45, 2.75) is 65.7 Å². The van der Waals surface area contributed by atoms with Gasteiger partial charge in [0, 0.05) is 8.48 Å². The largest absolute Gasteiger partial charge is 0.0981 e.